The van der Waals surface area contributed by atoms with Gasteiger partial charge in [-0.15, -0.1) is 0 Å². The third kappa shape index (κ3) is 5.35. The summed E-state index contributed by atoms with van der Waals surface area (Å²) in [6.07, 6.45) is -7.62. The molecule has 0 atom stereocenters. The molecule has 0 aliphatic rings. The summed E-state index contributed by atoms with van der Waals surface area (Å²) < 4.78 is 86.8. The number of para-hydroxylation sites is 2. The molecule has 2 aromatic carbocycles. The van der Waals surface area contributed by atoms with Crippen molar-refractivity contribution < 1.29 is 31.1 Å². The van der Waals surface area contributed by atoms with Gasteiger partial charge in [0.25, 0.3) is 0 Å². The zero-order valence-corrected chi connectivity index (χ0v) is 22.3. The number of hydrogen-bond acceptors (Lipinski definition) is 5. The molecule has 13 heteroatoms. The summed E-state index contributed by atoms with van der Waals surface area (Å²) >= 11 is 0. The first-order valence-electron chi connectivity index (χ1n) is 12.9. The molecule has 0 amide bonds. The van der Waals surface area contributed by atoms with Gasteiger partial charge >= 0.3 is 12.4 Å². The molecule has 0 N–H and O–H groups in total. The Kier molecular flexibility index (Phi) is 7.08. The molecule has 0 saturated heterocycles. The third-order valence-corrected chi connectivity index (χ3v) is 6.59. The third-order valence-electron chi connectivity index (χ3n) is 6.59. The van der Waals surface area contributed by atoms with Gasteiger partial charge in [0.2, 0.25) is 5.78 Å². The van der Waals surface area contributed by atoms with Gasteiger partial charge in [0.1, 0.15) is 11.4 Å². The molecule has 220 valence electrons. The minimum atomic E-state index is -4.82. The monoisotopic (exact) mass is 604 g/mol. The predicted octanol–water partition coefficient (Wildman–Crippen LogP) is 7.45. The summed E-state index contributed by atoms with van der Waals surface area (Å²) in [7, 11) is 0. The highest BCUT2D eigenvalue weighted by Gasteiger charge is 2.40. The molecular weight excluding hydrogens is 586 g/mol. The Balaban J connectivity index is 1.38. The second-order valence-electron chi connectivity index (χ2n) is 9.45. The van der Waals surface area contributed by atoms with E-state index in [9.17, 15) is 31.1 Å². The van der Waals surface area contributed by atoms with E-state index < -0.39 is 29.5 Å². The fourth-order valence-corrected chi connectivity index (χ4v) is 4.70. The number of ketones is 1. The van der Waals surface area contributed by atoms with Crippen molar-refractivity contribution in [2.45, 2.75) is 12.4 Å². The Morgan fingerprint density at radius 2 is 0.909 bits per heavy atom. The van der Waals surface area contributed by atoms with Gasteiger partial charge in [-0.2, -0.15) is 36.5 Å². The number of carbonyl (C=O) groups excluding carboxylic acids is 1. The zero-order chi connectivity index (χ0) is 31.1. The van der Waals surface area contributed by atoms with Crippen molar-refractivity contribution in [1.82, 2.24) is 29.5 Å². The van der Waals surface area contributed by atoms with Crippen LogP contribution in [0.4, 0.5) is 26.3 Å². The second-order valence-corrected chi connectivity index (χ2v) is 9.45. The van der Waals surface area contributed by atoms with Crippen molar-refractivity contribution in [1.29, 1.82) is 0 Å². The first kappa shape index (κ1) is 28.5. The zero-order valence-electron chi connectivity index (χ0n) is 22.3. The number of pyridine rings is 2. The van der Waals surface area contributed by atoms with E-state index in [1.807, 2.05) is 0 Å². The van der Waals surface area contributed by atoms with Crippen LogP contribution in [0, 0.1) is 0 Å². The molecule has 0 saturated carbocycles. The number of rotatable bonds is 6. The molecular formula is C31H18F6N6O. The van der Waals surface area contributed by atoms with E-state index in [1.165, 1.54) is 60.7 Å². The van der Waals surface area contributed by atoms with Gasteiger partial charge in [-0.1, -0.05) is 48.5 Å². The van der Waals surface area contributed by atoms with Crippen molar-refractivity contribution in [3.8, 4) is 33.9 Å². The Hall–Kier alpha value is -5.59. The van der Waals surface area contributed by atoms with Crippen LogP contribution in [0.3, 0.4) is 0 Å². The summed E-state index contributed by atoms with van der Waals surface area (Å²) in [5, 5.41) is 7.84. The van der Waals surface area contributed by atoms with E-state index >= 15 is 0 Å². The largest absolute Gasteiger partial charge is 0.434 e. The molecule has 7 nitrogen and oxygen atoms in total. The molecule has 0 bridgehead atoms. The van der Waals surface area contributed by atoms with E-state index in [2.05, 4.69) is 20.2 Å². The molecule has 4 aromatic heterocycles. The average Bonchev–Trinajstić information content (AvgIpc) is 3.68. The van der Waals surface area contributed by atoms with Gasteiger partial charge < -0.3 is 0 Å². The van der Waals surface area contributed by atoms with E-state index in [0.29, 0.717) is 0 Å². The van der Waals surface area contributed by atoms with Crippen LogP contribution in [0.15, 0.2) is 109 Å². The predicted molar refractivity (Wildman–Crippen MR) is 147 cm³/mol. The Labute approximate surface area is 245 Å². The lowest BCUT2D eigenvalue weighted by Gasteiger charge is -2.13. The average molecular weight is 605 g/mol. The maximum absolute atomic E-state index is 14.2. The van der Waals surface area contributed by atoms with Crippen molar-refractivity contribution in [3.63, 3.8) is 0 Å². The fourth-order valence-electron chi connectivity index (χ4n) is 4.70. The number of halogens is 6. The lowest BCUT2D eigenvalue weighted by atomic mass is 10.1. The number of alkyl halides is 6. The van der Waals surface area contributed by atoms with Gasteiger partial charge in [0, 0.05) is 0 Å². The van der Waals surface area contributed by atoms with Gasteiger partial charge in [-0.3, -0.25) is 4.79 Å². The van der Waals surface area contributed by atoms with Crippen molar-refractivity contribution in [3.05, 3.63) is 132 Å². The minimum absolute atomic E-state index is 0.174. The summed E-state index contributed by atoms with van der Waals surface area (Å²) in [5.41, 5.74) is -3.42. The lowest BCUT2D eigenvalue weighted by Crippen LogP contribution is -2.15. The molecule has 6 rings (SSSR count). The minimum Gasteiger partial charge on any atom is -0.285 e. The van der Waals surface area contributed by atoms with Crippen LogP contribution in [-0.2, 0) is 12.4 Å². The SMILES string of the molecule is O=C(c1cccc(-c2cnn(-c3ccccc3)c2C(F)(F)F)n1)c1cccc(-c2cnn(-c3ccccc3)c2C(F)(F)F)n1. The number of carbonyl (C=O) groups is 1. The van der Waals surface area contributed by atoms with E-state index in [-0.39, 0.29) is 45.3 Å². The van der Waals surface area contributed by atoms with E-state index in [1.54, 1.807) is 36.4 Å². The van der Waals surface area contributed by atoms with Crippen molar-refractivity contribution >= 4 is 5.78 Å². The van der Waals surface area contributed by atoms with Crippen LogP contribution in [0.25, 0.3) is 33.9 Å². The van der Waals surface area contributed by atoms with Gasteiger partial charge in [0.15, 0.2) is 11.4 Å². The highest BCUT2D eigenvalue weighted by atomic mass is 19.4. The highest BCUT2D eigenvalue weighted by molar-refractivity contribution is 6.06. The molecule has 0 aliphatic carbocycles. The Morgan fingerprint density at radius 3 is 1.27 bits per heavy atom. The first-order valence-corrected chi connectivity index (χ1v) is 12.9. The molecule has 6 aromatic rings. The molecule has 44 heavy (non-hydrogen) atoms. The van der Waals surface area contributed by atoms with Crippen molar-refractivity contribution in [2.24, 2.45) is 0 Å². The number of benzene rings is 2. The quantitative estimate of drug-likeness (QED) is 0.146. The van der Waals surface area contributed by atoms with Crippen LogP contribution in [-0.4, -0.2) is 35.3 Å². The summed E-state index contributed by atoms with van der Waals surface area (Å²) in [6, 6.07) is 23.3. The van der Waals surface area contributed by atoms with E-state index in [0.717, 1.165) is 21.8 Å². The van der Waals surface area contributed by atoms with Crippen molar-refractivity contribution in [2.75, 3.05) is 0 Å². The van der Waals surface area contributed by atoms with Gasteiger partial charge in [0.05, 0.1) is 46.3 Å². The van der Waals surface area contributed by atoms with Crippen LogP contribution in [0.1, 0.15) is 27.6 Å². The van der Waals surface area contributed by atoms with E-state index in [4.69, 9.17) is 0 Å². The first-order chi connectivity index (χ1) is 21.0. The fraction of sp³-hybridized carbons (Fsp3) is 0.0645. The molecule has 0 spiro atoms. The smallest absolute Gasteiger partial charge is 0.285 e. The molecule has 0 fully saturated rings. The maximum Gasteiger partial charge on any atom is 0.434 e. The molecule has 0 aliphatic heterocycles. The number of hydrogen-bond donors (Lipinski definition) is 0. The molecule has 4 heterocycles. The number of nitrogens with zero attached hydrogens (tertiary/aromatic N) is 6. The van der Waals surface area contributed by atoms with Crippen LogP contribution in [0.2, 0.25) is 0 Å². The Bertz CT molecular complexity index is 1820. The van der Waals surface area contributed by atoms with Crippen LogP contribution >= 0.6 is 0 Å². The van der Waals surface area contributed by atoms with Gasteiger partial charge in [-0.25, -0.2) is 19.3 Å². The lowest BCUT2D eigenvalue weighted by molar-refractivity contribution is -0.143. The standard InChI is InChI=1S/C31H18F6N6O/c32-30(33,34)28-21(17-38-42(28)19-9-3-1-4-10-19)23-13-7-15-25(40-23)27(44)26-16-8-14-24(41-26)22-18-39-43(29(22)31(35,36)37)20-11-5-2-6-12-20/h1-18H. The van der Waals surface area contributed by atoms with Crippen LogP contribution in [0.5, 0.6) is 0 Å². The highest BCUT2D eigenvalue weighted by Crippen LogP contribution is 2.39. The second kappa shape index (κ2) is 10.9. The summed E-state index contributed by atoms with van der Waals surface area (Å²) in [5.74, 6) is -0.804. The van der Waals surface area contributed by atoms with Gasteiger partial charge in [-0.05, 0) is 48.5 Å². The summed E-state index contributed by atoms with van der Waals surface area (Å²) in [4.78, 5) is 21.7. The molecule has 0 radical (unpaired) electrons. The maximum atomic E-state index is 14.2. The Morgan fingerprint density at radius 1 is 0.523 bits per heavy atom. The molecule has 0 unspecified atom stereocenters. The normalized spacial score (nSPS) is 12.0. The topological polar surface area (TPSA) is 78.5 Å². The number of aromatic nitrogens is 6. The summed E-state index contributed by atoms with van der Waals surface area (Å²) in [6.45, 7) is 0. The van der Waals surface area contributed by atoms with Crippen LogP contribution < -0.4 is 0 Å².